The molecule has 0 radical (unpaired) electrons. The van der Waals surface area contributed by atoms with Crippen molar-refractivity contribution >= 4 is 39.9 Å². The average molecular weight is 363 g/mol. The summed E-state index contributed by atoms with van der Waals surface area (Å²) in [5.74, 6) is 0.536. The molecule has 6 heteroatoms. The first-order valence-electron chi connectivity index (χ1n) is 6.58. The maximum Gasteiger partial charge on any atom is 0.238 e. The molecule has 3 N–H and O–H groups in total. The Morgan fingerprint density at radius 1 is 1.55 bits per heavy atom. The minimum absolute atomic E-state index is 0. The largest absolute Gasteiger partial charge is 0.328 e. The third-order valence-corrected chi connectivity index (χ3v) is 4.26. The van der Waals surface area contributed by atoms with E-state index in [2.05, 4.69) is 26.1 Å². The Bertz CT molecular complexity index is 456. The second-order valence-corrected chi connectivity index (χ2v) is 6.03. The molecule has 2 rings (SSSR count). The van der Waals surface area contributed by atoms with E-state index in [9.17, 15) is 4.79 Å². The van der Waals surface area contributed by atoms with Crippen molar-refractivity contribution in [2.75, 3.05) is 25.0 Å². The first-order valence-corrected chi connectivity index (χ1v) is 7.38. The predicted molar refractivity (Wildman–Crippen MR) is 88.2 cm³/mol. The van der Waals surface area contributed by atoms with Crippen molar-refractivity contribution in [2.24, 2.45) is 11.7 Å². The lowest BCUT2D eigenvalue weighted by Gasteiger charge is -2.17. The molecular weight excluding hydrogens is 342 g/mol. The molecular formula is C14H21BrClN3O. The van der Waals surface area contributed by atoms with Gasteiger partial charge in [0.15, 0.2) is 0 Å². The summed E-state index contributed by atoms with van der Waals surface area (Å²) in [6, 6.07) is 7.83. The minimum Gasteiger partial charge on any atom is -0.328 e. The van der Waals surface area contributed by atoms with Crippen molar-refractivity contribution in [2.45, 2.75) is 19.4 Å². The molecule has 112 valence electrons. The molecule has 2 unspecified atom stereocenters. The number of nitrogens with one attached hydrogen (secondary N) is 1. The summed E-state index contributed by atoms with van der Waals surface area (Å²) in [6.07, 6.45) is 1.08. The number of anilines is 1. The van der Waals surface area contributed by atoms with Crippen LogP contribution in [0.5, 0.6) is 0 Å². The molecule has 2 atom stereocenters. The van der Waals surface area contributed by atoms with Gasteiger partial charge < -0.3 is 11.1 Å². The van der Waals surface area contributed by atoms with Gasteiger partial charge in [-0.2, -0.15) is 0 Å². The molecule has 1 saturated heterocycles. The van der Waals surface area contributed by atoms with Gasteiger partial charge in [-0.1, -0.05) is 12.1 Å². The van der Waals surface area contributed by atoms with Crippen LogP contribution in [0.3, 0.4) is 0 Å². The fourth-order valence-corrected chi connectivity index (χ4v) is 2.77. The van der Waals surface area contributed by atoms with Crippen molar-refractivity contribution in [3.63, 3.8) is 0 Å². The zero-order valence-electron chi connectivity index (χ0n) is 11.5. The van der Waals surface area contributed by atoms with Gasteiger partial charge in [-0.25, -0.2) is 0 Å². The average Bonchev–Trinajstić information content (AvgIpc) is 2.80. The van der Waals surface area contributed by atoms with Crippen LogP contribution in [0, 0.1) is 5.92 Å². The van der Waals surface area contributed by atoms with Gasteiger partial charge in [0, 0.05) is 17.1 Å². The molecule has 4 nitrogen and oxygen atoms in total. The number of benzene rings is 1. The maximum absolute atomic E-state index is 12.0. The number of rotatable bonds is 4. The highest BCUT2D eigenvalue weighted by atomic mass is 79.9. The quantitative estimate of drug-likeness (QED) is 0.865. The molecule has 20 heavy (non-hydrogen) atoms. The summed E-state index contributed by atoms with van der Waals surface area (Å²) in [6.45, 7) is 4.34. The Hall–Kier alpha value is -0.620. The number of amides is 1. The molecule has 0 aromatic heterocycles. The van der Waals surface area contributed by atoms with Crippen LogP contribution in [0.25, 0.3) is 0 Å². The van der Waals surface area contributed by atoms with E-state index in [0.29, 0.717) is 12.5 Å². The fraction of sp³-hybridized carbons (Fsp3) is 0.500. The van der Waals surface area contributed by atoms with Crippen molar-refractivity contribution in [3.8, 4) is 0 Å². The summed E-state index contributed by atoms with van der Waals surface area (Å²) in [7, 11) is 0. The van der Waals surface area contributed by atoms with Gasteiger partial charge in [0.2, 0.25) is 5.91 Å². The molecule has 1 heterocycles. The normalized spacial score (nSPS) is 20.2. The molecule has 0 spiro atoms. The van der Waals surface area contributed by atoms with Crippen LogP contribution in [0.1, 0.15) is 13.3 Å². The predicted octanol–water partition coefficient (Wildman–Crippen LogP) is 2.48. The van der Waals surface area contributed by atoms with Crippen LogP contribution < -0.4 is 11.1 Å². The lowest BCUT2D eigenvalue weighted by molar-refractivity contribution is -0.117. The highest BCUT2D eigenvalue weighted by molar-refractivity contribution is 9.10. The molecule has 1 aliphatic heterocycles. The molecule has 0 saturated carbocycles. The van der Waals surface area contributed by atoms with Crippen molar-refractivity contribution in [3.05, 3.63) is 28.7 Å². The topological polar surface area (TPSA) is 58.4 Å². The second kappa shape index (κ2) is 7.98. The molecule has 0 aliphatic carbocycles. The second-order valence-electron chi connectivity index (χ2n) is 5.17. The van der Waals surface area contributed by atoms with E-state index in [1.165, 1.54) is 0 Å². The first kappa shape index (κ1) is 17.4. The molecule has 1 aromatic rings. The minimum atomic E-state index is 0. The van der Waals surface area contributed by atoms with Crippen LogP contribution >= 0.6 is 28.3 Å². The smallest absolute Gasteiger partial charge is 0.238 e. The van der Waals surface area contributed by atoms with Crippen LogP contribution in [0.4, 0.5) is 5.69 Å². The summed E-state index contributed by atoms with van der Waals surface area (Å²) in [5.41, 5.74) is 6.72. The van der Waals surface area contributed by atoms with Crippen LogP contribution in [-0.2, 0) is 4.79 Å². The van der Waals surface area contributed by atoms with E-state index >= 15 is 0 Å². The third kappa shape index (κ3) is 4.74. The zero-order chi connectivity index (χ0) is 13.8. The fourth-order valence-electron chi connectivity index (χ4n) is 2.39. The Labute approximate surface area is 134 Å². The highest BCUT2D eigenvalue weighted by Crippen LogP contribution is 2.22. The third-order valence-electron chi connectivity index (χ3n) is 3.57. The Kier molecular flexibility index (Phi) is 6.95. The highest BCUT2D eigenvalue weighted by Gasteiger charge is 2.26. The number of halogens is 2. The van der Waals surface area contributed by atoms with Gasteiger partial charge in [-0.3, -0.25) is 9.69 Å². The molecule has 1 fully saturated rings. The Morgan fingerprint density at radius 2 is 2.25 bits per heavy atom. The van der Waals surface area contributed by atoms with Crippen LogP contribution in [-0.4, -0.2) is 36.5 Å². The Morgan fingerprint density at radius 3 is 2.85 bits per heavy atom. The van der Waals surface area contributed by atoms with E-state index in [4.69, 9.17) is 5.73 Å². The van der Waals surface area contributed by atoms with Crippen molar-refractivity contribution < 1.29 is 4.79 Å². The number of nitrogens with zero attached hydrogens (tertiary/aromatic N) is 1. The van der Waals surface area contributed by atoms with Gasteiger partial charge in [0.25, 0.3) is 0 Å². The molecule has 1 amide bonds. The van der Waals surface area contributed by atoms with Gasteiger partial charge in [-0.15, -0.1) is 12.4 Å². The number of hydrogen-bond acceptors (Lipinski definition) is 3. The lowest BCUT2D eigenvalue weighted by Crippen LogP contribution is -2.34. The van der Waals surface area contributed by atoms with E-state index in [1.807, 2.05) is 31.2 Å². The summed E-state index contributed by atoms with van der Waals surface area (Å²) < 4.78 is 0.901. The van der Waals surface area contributed by atoms with E-state index < -0.39 is 0 Å². The summed E-state index contributed by atoms with van der Waals surface area (Å²) >= 11 is 3.42. The molecule has 1 aliphatic rings. The van der Waals surface area contributed by atoms with E-state index in [-0.39, 0.29) is 24.4 Å². The van der Waals surface area contributed by atoms with Gasteiger partial charge in [-0.05, 0) is 53.9 Å². The number of hydrogen-bond donors (Lipinski definition) is 2. The SMILES string of the molecule is CC(N)C1CCN(CC(=O)Nc2ccccc2Br)C1.Cl. The summed E-state index contributed by atoms with van der Waals surface area (Å²) in [5, 5.41) is 2.92. The molecule has 1 aromatic carbocycles. The first-order chi connectivity index (χ1) is 9.06. The van der Waals surface area contributed by atoms with Crippen LogP contribution in [0.15, 0.2) is 28.7 Å². The lowest BCUT2D eigenvalue weighted by atomic mass is 10.0. The zero-order valence-corrected chi connectivity index (χ0v) is 13.9. The van der Waals surface area contributed by atoms with E-state index in [1.54, 1.807) is 0 Å². The number of carbonyl (C=O) groups is 1. The van der Waals surface area contributed by atoms with Gasteiger partial charge in [0.1, 0.15) is 0 Å². The van der Waals surface area contributed by atoms with Crippen molar-refractivity contribution in [1.82, 2.24) is 4.90 Å². The van der Waals surface area contributed by atoms with Gasteiger partial charge in [0.05, 0.1) is 12.2 Å². The van der Waals surface area contributed by atoms with Crippen molar-refractivity contribution in [1.29, 1.82) is 0 Å². The maximum atomic E-state index is 12.0. The summed E-state index contributed by atoms with van der Waals surface area (Å²) in [4.78, 5) is 14.2. The number of para-hydroxylation sites is 1. The van der Waals surface area contributed by atoms with Crippen LogP contribution in [0.2, 0.25) is 0 Å². The monoisotopic (exact) mass is 361 g/mol. The van der Waals surface area contributed by atoms with E-state index in [0.717, 1.165) is 29.7 Å². The molecule has 0 bridgehead atoms. The number of nitrogens with two attached hydrogens (primary N) is 1. The van der Waals surface area contributed by atoms with Gasteiger partial charge >= 0.3 is 0 Å². The standard InChI is InChI=1S/C14H20BrN3O.ClH/c1-10(16)11-6-7-18(8-11)9-14(19)17-13-5-3-2-4-12(13)15;/h2-5,10-11H,6-9,16H2,1H3,(H,17,19);1H. The Balaban J connectivity index is 0.00000200. The number of carbonyl (C=O) groups excluding carboxylic acids is 1. The number of likely N-dealkylation sites (tertiary alicyclic amines) is 1.